The molecule has 0 amide bonds. The summed E-state index contributed by atoms with van der Waals surface area (Å²) in [6.07, 6.45) is 2.89. The van der Waals surface area contributed by atoms with Gasteiger partial charge < -0.3 is 10.2 Å². The highest BCUT2D eigenvalue weighted by Gasteiger charge is 2.17. The molecule has 4 heteroatoms. The van der Waals surface area contributed by atoms with Crippen LogP contribution >= 0.6 is 0 Å². The van der Waals surface area contributed by atoms with Gasteiger partial charge in [0.05, 0.1) is 0 Å². The summed E-state index contributed by atoms with van der Waals surface area (Å²) in [5.74, 6) is 2.06. The second-order valence-electron chi connectivity index (χ2n) is 7.05. The number of nitrogens with one attached hydrogen (secondary N) is 1. The normalized spacial score (nSPS) is 13.6. The molecular weight excluding hydrogens is 320 g/mol. The van der Waals surface area contributed by atoms with Crippen LogP contribution in [0.3, 0.4) is 0 Å². The minimum atomic E-state index is 0.445. The highest BCUT2D eigenvalue weighted by atomic mass is 15.2. The summed E-state index contributed by atoms with van der Waals surface area (Å²) in [6.45, 7) is 6.27. The number of anilines is 3. The average molecular weight is 344 g/mol. The van der Waals surface area contributed by atoms with E-state index in [1.54, 1.807) is 0 Å². The maximum Gasteiger partial charge on any atom is 0.229 e. The van der Waals surface area contributed by atoms with Crippen LogP contribution in [0.5, 0.6) is 0 Å². The lowest BCUT2D eigenvalue weighted by atomic mass is 10.00. The van der Waals surface area contributed by atoms with E-state index in [9.17, 15) is 0 Å². The molecule has 1 aliphatic rings. The Bertz CT molecular complexity index is 904. The molecule has 0 aliphatic carbocycles. The zero-order valence-electron chi connectivity index (χ0n) is 15.3. The van der Waals surface area contributed by atoms with Gasteiger partial charge in [-0.15, -0.1) is 0 Å². The summed E-state index contributed by atoms with van der Waals surface area (Å²) in [5, 5.41) is 3.40. The summed E-state index contributed by atoms with van der Waals surface area (Å²) in [6, 6.07) is 19.0. The van der Waals surface area contributed by atoms with E-state index in [2.05, 4.69) is 71.5 Å². The van der Waals surface area contributed by atoms with Crippen LogP contribution in [0.4, 0.5) is 17.5 Å². The molecule has 1 aliphatic heterocycles. The molecule has 1 N–H and O–H groups in total. The Morgan fingerprint density at radius 3 is 2.58 bits per heavy atom. The van der Waals surface area contributed by atoms with Crippen molar-refractivity contribution in [1.82, 2.24) is 9.97 Å². The predicted molar refractivity (Wildman–Crippen MR) is 107 cm³/mol. The third-order valence-corrected chi connectivity index (χ3v) is 4.92. The maximum atomic E-state index is 4.77. The molecule has 0 spiro atoms. The number of benzene rings is 2. The Kier molecular flexibility index (Phi) is 4.57. The van der Waals surface area contributed by atoms with Crippen molar-refractivity contribution >= 4 is 17.5 Å². The summed E-state index contributed by atoms with van der Waals surface area (Å²) < 4.78 is 0. The smallest absolute Gasteiger partial charge is 0.229 e. The molecule has 0 saturated carbocycles. The van der Waals surface area contributed by atoms with Crippen molar-refractivity contribution in [2.24, 2.45) is 0 Å². The molecule has 0 bridgehead atoms. The van der Waals surface area contributed by atoms with Crippen molar-refractivity contribution in [1.29, 1.82) is 0 Å². The van der Waals surface area contributed by atoms with Gasteiger partial charge in [0.1, 0.15) is 5.82 Å². The zero-order valence-corrected chi connectivity index (χ0v) is 15.3. The van der Waals surface area contributed by atoms with E-state index in [1.165, 1.54) is 16.7 Å². The van der Waals surface area contributed by atoms with Gasteiger partial charge in [0.2, 0.25) is 5.95 Å². The summed E-state index contributed by atoms with van der Waals surface area (Å²) >= 11 is 0. The second-order valence-corrected chi connectivity index (χ2v) is 7.05. The highest BCUT2D eigenvalue weighted by molar-refractivity contribution is 5.60. The monoisotopic (exact) mass is 344 g/mol. The first-order chi connectivity index (χ1) is 12.7. The number of hydrogen-bond acceptors (Lipinski definition) is 4. The van der Waals surface area contributed by atoms with Crippen LogP contribution in [-0.2, 0) is 13.0 Å². The van der Waals surface area contributed by atoms with Crippen LogP contribution in [0.25, 0.3) is 0 Å². The quantitative estimate of drug-likeness (QED) is 0.730. The Balaban J connectivity index is 1.57. The molecule has 0 atom stereocenters. The number of fused-ring (bicyclic) bond motifs is 1. The molecule has 2 heterocycles. The molecule has 0 unspecified atom stereocenters. The lowest BCUT2D eigenvalue weighted by Gasteiger charge is -2.29. The minimum absolute atomic E-state index is 0.445. The van der Waals surface area contributed by atoms with Crippen molar-refractivity contribution < 1.29 is 0 Å². The summed E-state index contributed by atoms with van der Waals surface area (Å²) in [7, 11) is 0. The van der Waals surface area contributed by atoms with E-state index in [0.29, 0.717) is 11.9 Å². The van der Waals surface area contributed by atoms with E-state index in [-0.39, 0.29) is 0 Å². The van der Waals surface area contributed by atoms with E-state index in [0.717, 1.165) is 31.0 Å². The van der Waals surface area contributed by atoms with E-state index < -0.39 is 0 Å². The zero-order chi connectivity index (χ0) is 17.9. The van der Waals surface area contributed by atoms with Crippen LogP contribution in [0.2, 0.25) is 0 Å². The van der Waals surface area contributed by atoms with Crippen molar-refractivity contribution in [3.05, 3.63) is 77.5 Å². The number of nitrogens with zero attached hydrogens (tertiary/aromatic N) is 3. The third-order valence-electron chi connectivity index (χ3n) is 4.92. The molecule has 4 nitrogen and oxygen atoms in total. The Morgan fingerprint density at radius 1 is 0.962 bits per heavy atom. The number of aromatic nitrogens is 2. The van der Waals surface area contributed by atoms with Gasteiger partial charge in [-0.2, -0.15) is 4.98 Å². The topological polar surface area (TPSA) is 41.1 Å². The summed E-state index contributed by atoms with van der Waals surface area (Å²) in [4.78, 5) is 11.5. The predicted octanol–water partition coefficient (Wildman–Crippen LogP) is 4.91. The molecule has 3 aromatic rings. The standard InChI is InChI=1S/C22H24N4/c1-16(2)19-9-5-6-10-20(19)24-22-23-13-11-21(25-22)26-14-12-17-7-3-4-8-18(17)15-26/h3-11,13,16H,12,14-15H2,1-2H3,(H,23,24,25). The van der Waals surface area contributed by atoms with Crippen LogP contribution in [0.15, 0.2) is 60.8 Å². The van der Waals surface area contributed by atoms with E-state index >= 15 is 0 Å². The fraction of sp³-hybridized carbons (Fsp3) is 0.273. The SMILES string of the molecule is CC(C)c1ccccc1Nc1nccc(N2CCc3ccccc3C2)n1. The lowest BCUT2D eigenvalue weighted by molar-refractivity contribution is 0.720. The largest absolute Gasteiger partial charge is 0.352 e. The van der Waals surface area contributed by atoms with Gasteiger partial charge in [0.15, 0.2) is 0 Å². The molecule has 0 saturated heterocycles. The Hall–Kier alpha value is -2.88. The van der Waals surface area contributed by atoms with Crippen molar-refractivity contribution in [2.75, 3.05) is 16.8 Å². The molecule has 1 aromatic heterocycles. The average Bonchev–Trinajstić information content (AvgIpc) is 2.68. The van der Waals surface area contributed by atoms with Gasteiger partial charge in [-0.25, -0.2) is 4.98 Å². The van der Waals surface area contributed by atoms with Crippen molar-refractivity contribution in [2.45, 2.75) is 32.7 Å². The fourth-order valence-corrected chi connectivity index (χ4v) is 3.51. The highest BCUT2D eigenvalue weighted by Crippen LogP contribution is 2.27. The lowest BCUT2D eigenvalue weighted by Crippen LogP contribution is -2.31. The van der Waals surface area contributed by atoms with Gasteiger partial charge in [-0.1, -0.05) is 56.3 Å². The van der Waals surface area contributed by atoms with Crippen LogP contribution in [-0.4, -0.2) is 16.5 Å². The first-order valence-electron chi connectivity index (χ1n) is 9.21. The Morgan fingerprint density at radius 2 is 1.73 bits per heavy atom. The van der Waals surface area contributed by atoms with Crippen molar-refractivity contribution in [3.8, 4) is 0 Å². The fourth-order valence-electron chi connectivity index (χ4n) is 3.51. The number of para-hydroxylation sites is 1. The number of hydrogen-bond donors (Lipinski definition) is 1. The molecule has 4 rings (SSSR count). The van der Waals surface area contributed by atoms with Crippen LogP contribution in [0.1, 0.15) is 36.5 Å². The molecule has 0 fully saturated rings. The molecule has 0 radical (unpaired) electrons. The van der Waals surface area contributed by atoms with Crippen LogP contribution in [0, 0.1) is 0 Å². The third kappa shape index (κ3) is 3.40. The maximum absolute atomic E-state index is 4.77. The van der Waals surface area contributed by atoms with Gasteiger partial charge in [0, 0.05) is 25.0 Å². The number of rotatable bonds is 4. The minimum Gasteiger partial charge on any atom is -0.352 e. The first kappa shape index (κ1) is 16.6. The van der Waals surface area contributed by atoms with Crippen molar-refractivity contribution in [3.63, 3.8) is 0 Å². The van der Waals surface area contributed by atoms with E-state index in [1.807, 2.05) is 18.3 Å². The van der Waals surface area contributed by atoms with Crippen LogP contribution < -0.4 is 10.2 Å². The Labute approximate surface area is 154 Å². The van der Waals surface area contributed by atoms with Gasteiger partial charge in [-0.3, -0.25) is 0 Å². The van der Waals surface area contributed by atoms with Gasteiger partial charge in [0.25, 0.3) is 0 Å². The van der Waals surface area contributed by atoms with Gasteiger partial charge >= 0.3 is 0 Å². The summed E-state index contributed by atoms with van der Waals surface area (Å²) in [5.41, 5.74) is 5.18. The molecule has 132 valence electrons. The molecule has 2 aromatic carbocycles. The second kappa shape index (κ2) is 7.16. The first-order valence-corrected chi connectivity index (χ1v) is 9.21. The van der Waals surface area contributed by atoms with Gasteiger partial charge in [-0.05, 0) is 41.2 Å². The molecular formula is C22H24N4. The van der Waals surface area contributed by atoms with E-state index in [4.69, 9.17) is 4.98 Å². The molecule has 26 heavy (non-hydrogen) atoms.